The van der Waals surface area contributed by atoms with Crippen LogP contribution in [0.1, 0.15) is 66.7 Å². The molecule has 1 aromatic carbocycles. The maximum atomic E-state index is 12.9. The number of nitrogens with zero attached hydrogens (tertiary/aromatic N) is 4. The zero-order valence-electron chi connectivity index (χ0n) is 23.0. The molecule has 10 nitrogen and oxygen atoms in total. The van der Waals surface area contributed by atoms with Crippen LogP contribution in [0.15, 0.2) is 55.0 Å². The molecule has 4 N–H and O–H groups in total. The summed E-state index contributed by atoms with van der Waals surface area (Å²) < 4.78 is 7.72. The zero-order valence-corrected chi connectivity index (χ0v) is 23.0. The maximum Gasteiger partial charge on any atom is 0.256 e. The SMILES string of the molecule is Cc1ccnc(NC(=O)c2ccc(-c3nc(C45CCC(NC(=O)C6CCCO6)(CC4)C5)n4ccnc(N)c34)cc2)c1. The van der Waals surface area contributed by atoms with E-state index in [0.717, 1.165) is 73.1 Å². The second-order valence-electron chi connectivity index (χ2n) is 11.8. The van der Waals surface area contributed by atoms with Gasteiger partial charge in [0.25, 0.3) is 5.91 Å². The molecule has 2 amide bonds. The van der Waals surface area contributed by atoms with Crippen molar-refractivity contribution in [3.8, 4) is 11.3 Å². The van der Waals surface area contributed by atoms with Crippen LogP contribution in [0.4, 0.5) is 11.6 Å². The highest BCUT2D eigenvalue weighted by Gasteiger charge is 2.58. The van der Waals surface area contributed by atoms with Gasteiger partial charge in [0.1, 0.15) is 34.8 Å². The average Bonchev–Trinajstić information content (AvgIpc) is 3.76. The molecule has 1 aliphatic heterocycles. The van der Waals surface area contributed by atoms with Gasteiger partial charge in [-0.25, -0.2) is 15.0 Å². The summed E-state index contributed by atoms with van der Waals surface area (Å²) in [6, 6.07) is 11.1. The third-order valence-electron chi connectivity index (χ3n) is 9.09. The fraction of sp³-hybridized carbons (Fsp3) is 0.387. The lowest BCUT2D eigenvalue weighted by Gasteiger charge is -2.29. The third-order valence-corrected chi connectivity index (χ3v) is 9.09. The quantitative estimate of drug-likeness (QED) is 0.327. The molecule has 41 heavy (non-hydrogen) atoms. The fourth-order valence-electron chi connectivity index (χ4n) is 7.02. The minimum absolute atomic E-state index is 0.0182. The Balaban J connectivity index is 1.18. The van der Waals surface area contributed by atoms with E-state index in [1.807, 2.05) is 37.4 Å². The van der Waals surface area contributed by atoms with Crippen LogP contribution < -0.4 is 16.4 Å². The largest absolute Gasteiger partial charge is 0.382 e. The molecular formula is C31H33N7O3. The van der Waals surface area contributed by atoms with Crippen LogP contribution in [0.3, 0.4) is 0 Å². The zero-order chi connectivity index (χ0) is 28.2. The molecule has 1 atom stereocenters. The molecule has 4 heterocycles. The van der Waals surface area contributed by atoms with Gasteiger partial charge in [0, 0.05) is 47.3 Å². The predicted molar refractivity (Wildman–Crippen MR) is 154 cm³/mol. The van der Waals surface area contributed by atoms with E-state index in [9.17, 15) is 9.59 Å². The van der Waals surface area contributed by atoms with Crippen molar-refractivity contribution < 1.29 is 14.3 Å². The van der Waals surface area contributed by atoms with Gasteiger partial charge >= 0.3 is 0 Å². The number of aryl methyl sites for hydroxylation is 1. The molecule has 0 spiro atoms. The summed E-state index contributed by atoms with van der Waals surface area (Å²) in [6.45, 7) is 2.61. The second-order valence-corrected chi connectivity index (χ2v) is 11.8. The summed E-state index contributed by atoms with van der Waals surface area (Å²) in [7, 11) is 0. The first-order valence-corrected chi connectivity index (χ1v) is 14.3. The number of pyridine rings is 1. The molecule has 3 aliphatic rings. The Labute approximate surface area is 237 Å². The number of carbonyl (C=O) groups excluding carboxylic acids is 2. The van der Waals surface area contributed by atoms with Gasteiger partial charge in [0.2, 0.25) is 5.91 Å². The van der Waals surface area contributed by atoms with Gasteiger partial charge in [-0.1, -0.05) is 12.1 Å². The van der Waals surface area contributed by atoms with E-state index in [1.54, 1.807) is 24.5 Å². The molecule has 210 valence electrons. The average molecular weight is 552 g/mol. The van der Waals surface area contributed by atoms with Crippen molar-refractivity contribution in [3.63, 3.8) is 0 Å². The molecule has 0 radical (unpaired) electrons. The number of carbonyl (C=O) groups is 2. The Morgan fingerprint density at radius 2 is 1.88 bits per heavy atom. The van der Waals surface area contributed by atoms with Crippen LogP contribution in [0, 0.1) is 6.92 Å². The summed E-state index contributed by atoms with van der Waals surface area (Å²) >= 11 is 0. The number of nitrogens with one attached hydrogen (secondary N) is 2. The number of aromatic nitrogens is 4. The highest BCUT2D eigenvalue weighted by atomic mass is 16.5. The van der Waals surface area contributed by atoms with Crippen molar-refractivity contribution in [2.24, 2.45) is 0 Å². The number of nitrogens with two attached hydrogens (primary N) is 1. The number of rotatable bonds is 6. The van der Waals surface area contributed by atoms with E-state index in [1.165, 1.54) is 0 Å². The van der Waals surface area contributed by atoms with Crippen LogP contribution >= 0.6 is 0 Å². The Morgan fingerprint density at radius 1 is 1.07 bits per heavy atom. The van der Waals surface area contributed by atoms with Crippen molar-refractivity contribution in [1.82, 2.24) is 24.7 Å². The molecule has 4 aromatic rings. The Morgan fingerprint density at radius 3 is 2.61 bits per heavy atom. The Bertz CT molecular complexity index is 1650. The minimum atomic E-state index is -0.331. The van der Waals surface area contributed by atoms with E-state index < -0.39 is 0 Å². The number of amides is 2. The highest BCUT2D eigenvalue weighted by molar-refractivity contribution is 6.04. The van der Waals surface area contributed by atoms with Gasteiger partial charge in [-0.15, -0.1) is 0 Å². The first-order valence-electron chi connectivity index (χ1n) is 14.3. The van der Waals surface area contributed by atoms with E-state index in [0.29, 0.717) is 23.8 Å². The molecule has 3 fully saturated rings. The van der Waals surface area contributed by atoms with Crippen LogP contribution in [0.25, 0.3) is 16.8 Å². The van der Waals surface area contributed by atoms with Crippen molar-refractivity contribution in [2.75, 3.05) is 17.7 Å². The lowest BCUT2D eigenvalue weighted by Crippen LogP contribution is -2.49. The van der Waals surface area contributed by atoms with Crippen molar-refractivity contribution in [3.05, 3.63) is 71.9 Å². The lowest BCUT2D eigenvalue weighted by atomic mass is 9.83. The summed E-state index contributed by atoms with van der Waals surface area (Å²) in [6.07, 6.45) is 11.2. The van der Waals surface area contributed by atoms with E-state index >= 15 is 0 Å². The molecule has 1 unspecified atom stereocenters. The number of ether oxygens (including phenoxy) is 1. The number of fused-ring (bicyclic) bond motifs is 3. The predicted octanol–water partition coefficient (Wildman–Crippen LogP) is 4.18. The van der Waals surface area contributed by atoms with Gasteiger partial charge < -0.3 is 21.1 Å². The number of hydrogen-bond acceptors (Lipinski definition) is 7. The topological polar surface area (TPSA) is 137 Å². The number of anilines is 2. The molecule has 2 bridgehead atoms. The van der Waals surface area contributed by atoms with Crippen molar-refractivity contribution >= 4 is 29.0 Å². The summed E-state index contributed by atoms with van der Waals surface area (Å²) in [5.41, 5.74) is 9.91. The molecular weight excluding hydrogens is 518 g/mol. The van der Waals surface area contributed by atoms with Gasteiger partial charge in [-0.3, -0.25) is 14.0 Å². The molecule has 2 saturated carbocycles. The molecule has 1 saturated heterocycles. The fourth-order valence-corrected chi connectivity index (χ4v) is 7.02. The molecule has 7 rings (SSSR count). The van der Waals surface area contributed by atoms with Crippen molar-refractivity contribution in [2.45, 2.75) is 68.9 Å². The molecule has 3 aromatic heterocycles. The first kappa shape index (κ1) is 25.6. The van der Waals surface area contributed by atoms with Gasteiger partial charge in [-0.05, 0) is 81.7 Å². The molecule has 10 heteroatoms. The first-order chi connectivity index (χ1) is 19.8. The number of benzene rings is 1. The number of hydrogen-bond donors (Lipinski definition) is 3. The second kappa shape index (κ2) is 9.66. The smallest absolute Gasteiger partial charge is 0.256 e. The molecule has 2 aliphatic carbocycles. The van der Waals surface area contributed by atoms with Crippen LogP contribution in [0.5, 0.6) is 0 Å². The van der Waals surface area contributed by atoms with Gasteiger partial charge in [-0.2, -0.15) is 0 Å². The summed E-state index contributed by atoms with van der Waals surface area (Å²) in [4.78, 5) is 39.6. The summed E-state index contributed by atoms with van der Waals surface area (Å²) in [5.74, 6) is 1.65. The Hall–Kier alpha value is -4.31. The monoisotopic (exact) mass is 551 g/mol. The third kappa shape index (κ3) is 4.42. The number of nitrogen functional groups attached to an aromatic ring is 1. The van der Waals surface area contributed by atoms with E-state index in [4.69, 9.17) is 15.5 Å². The van der Waals surface area contributed by atoms with Gasteiger partial charge in [0.05, 0.1) is 0 Å². The van der Waals surface area contributed by atoms with Gasteiger partial charge in [0.15, 0.2) is 0 Å². The van der Waals surface area contributed by atoms with Crippen LogP contribution in [-0.2, 0) is 14.9 Å². The number of imidazole rings is 1. The highest BCUT2D eigenvalue weighted by Crippen LogP contribution is 2.57. The van der Waals surface area contributed by atoms with E-state index in [-0.39, 0.29) is 28.9 Å². The van der Waals surface area contributed by atoms with E-state index in [2.05, 4.69) is 25.0 Å². The standard InChI is InChI=1S/C31H33N7O3/c1-19-8-13-33-23(17-19)35-27(39)21-6-4-20(5-7-21)24-25-26(32)34-14-15-38(25)29(36-24)30-9-11-31(18-30,12-10-30)37-28(40)22-3-2-16-41-22/h4-8,13-15,17,22H,2-3,9-12,16,18H2,1H3,(H2,32,34)(H,37,40)(H,33,35,39). The normalized spacial score (nSPS) is 25.0. The minimum Gasteiger partial charge on any atom is -0.382 e. The maximum absolute atomic E-state index is 12.9. The van der Waals surface area contributed by atoms with Crippen LogP contribution in [0.2, 0.25) is 0 Å². The summed E-state index contributed by atoms with van der Waals surface area (Å²) in [5, 5.41) is 6.23. The van der Waals surface area contributed by atoms with Crippen LogP contribution in [-0.4, -0.2) is 49.4 Å². The Kier molecular flexibility index (Phi) is 6.04. The van der Waals surface area contributed by atoms with Crippen molar-refractivity contribution in [1.29, 1.82) is 0 Å². The lowest BCUT2D eigenvalue weighted by molar-refractivity contribution is -0.132.